The van der Waals surface area contributed by atoms with Gasteiger partial charge in [0, 0.05) is 12.7 Å². The highest BCUT2D eigenvalue weighted by Gasteiger charge is 2.12. The maximum Gasteiger partial charge on any atom is 0.239 e. The Morgan fingerprint density at radius 1 is 1.64 bits per heavy atom. The average Bonchev–Trinajstić information content (AvgIpc) is 2.06. The molecule has 58 valence electrons. The number of aromatic nitrogens is 1. The molecule has 2 rings (SSSR count). The average molecular weight is 151 g/mol. The van der Waals surface area contributed by atoms with Crippen molar-refractivity contribution in [3.05, 3.63) is 12.3 Å². The Bertz CT molecular complexity index is 274. The molecule has 0 saturated heterocycles. The van der Waals surface area contributed by atoms with Crippen LogP contribution in [0.2, 0.25) is 0 Å². The third-order valence-corrected chi connectivity index (χ3v) is 1.59. The number of ether oxygens (including phenoxy) is 1. The highest BCUT2D eigenvalue weighted by Crippen LogP contribution is 2.29. The van der Waals surface area contributed by atoms with Crippen LogP contribution in [0.3, 0.4) is 0 Å². The Morgan fingerprint density at radius 2 is 2.55 bits per heavy atom. The first-order valence-corrected chi connectivity index (χ1v) is 3.49. The molecule has 11 heavy (non-hydrogen) atoms. The molecular weight excluding hydrogens is 142 g/mol. The van der Waals surface area contributed by atoms with E-state index >= 15 is 0 Å². The summed E-state index contributed by atoms with van der Waals surface area (Å²) in [5.74, 6) is 0.608. The maximum atomic E-state index is 5.66. The number of nitrogens with zero attached hydrogens (tertiary/aromatic N) is 1. The van der Waals surface area contributed by atoms with Gasteiger partial charge < -0.3 is 15.8 Å². The van der Waals surface area contributed by atoms with Crippen LogP contribution in [0.5, 0.6) is 5.88 Å². The lowest BCUT2D eigenvalue weighted by atomic mass is 10.3. The van der Waals surface area contributed by atoms with Crippen LogP contribution in [0.15, 0.2) is 12.3 Å². The summed E-state index contributed by atoms with van der Waals surface area (Å²) in [5.41, 5.74) is 7.17. The van der Waals surface area contributed by atoms with Gasteiger partial charge in [0.1, 0.15) is 12.3 Å². The zero-order valence-electron chi connectivity index (χ0n) is 6.00. The second-order valence-electron chi connectivity index (χ2n) is 2.36. The van der Waals surface area contributed by atoms with E-state index in [-0.39, 0.29) is 0 Å². The van der Waals surface area contributed by atoms with Gasteiger partial charge in [0.05, 0.1) is 5.69 Å². The lowest BCUT2D eigenvalue weighted by Crippen LogP contribution is -2.19. The standard InChI is InChI=1S/C7H9N3O/c8-5-1-2-10-7-6(5)9-3-4-11-7/h1-2,9H,3-4H2,(H2,8,10). The van der Waals surface area contributed by atoms with Gasteiger partial charge in [-0.05, 0) is 6.07 Å². The Labute approximate surface area is 64.4 Å². The van der Waals surface area contributed by atoms with Crippen LogP contribution >= 0.6 is 0 Å². The quantitative estimate of drug-likeness (QED) is 0.565. The van der Waals surface area contributed by atoms with Gasteiger partial charge in [-0.2, -0.15) is 0 Å². The van der Waals surface area contributed by atoms with Gasteiger partial charge in [0.2, 0.25) is 5.88 Å². The number of pyridine rings is 1. The van der Waals surface area contributed by atoms with Crippen molar-refractivity contribution in [2.75, 3.05) is 24.2 Å². The van der Waals surface area contributed by atoms with Crippen molar-refractivity contribution in [3.8, 4) is 5.88 Å². The molecule has 0 aliphatic carbocycles. The summed E-state index contributed by atoms with van der Waals surface area (Å²) in [6.07, 6.45) is 1.64. The molecule has 1 aliphatic rings. The predicted octanol–water partition coefficient (Wildman–Crippen LogP) is 0.468. The molecule has 1 aromatic rings. The van der Waals surface area contributed by atoms with Crippen molar-refractivity contribution in [1.29, 1.82) is 0 Å². The minimum absolute atomic E-state index is 0.608. The molecule has 1 aromatic heterocycles. The number of rotatable bonds is 0. The van der Waals surface area contributed by atoms with E-state index in [9.17, 15) is 0 Å². The molecule has 0 unspecified atom stereocenters. The number of anilines is 2. The molecule has 4 nitrogen and oxygen atoms in total. The van der Waals surface area contributed by atoms with E-state index in [2.05, 4.69) is 10.3 Å². The number of hydrogen-bond donors (Lipinski definition) is 2. The van der Waals surface area contributed by atoms with Crippen LogP contribution in [-0.2, 0) is 0 Å². The Kier molecular flexibility index (Phi) is 1.31. The topological polar surface area (TPSA) is 60.2 Å². The van der Waals surface area contributed by atoms with Crippen LogP contribution in [0.4, 0.5) is 11.4 Å². The molecule has 0 saturated carbocycles. The van der Waals surface area contributed by atoms with Crippen LogP contribution in [-0.4, -0.2) is 18.1 Å². The largest absolute Gasteiger partial charge is 0.474 e. The second kappa shape index (κ2) is 2.30. The summed E-state index contributed by atoms with van der Waals surface area (Å²) in [6, 6.07) is 1.75. The molecule has 2 heterocycles. The summed E-state index contributed by atoms with van der Waals surface area (Å²) in [6.45, 7) is 1.45. The fourth-order valence-corrected chi connectivity index (χ4v) is 1.07. The number of nitrogens with two attached hydrogens (primary N) is 1. The van der Waals surface area contributed by atoms with Gasteiger partial charge in [0.25, 0.3) is 0 Å². The predicted molar refractivity (Wildman–Crippen MR) is 42.6 cm³/mol. The number of hydrogen-bond acceptors (Lipinski definition) is 4. The fraction of sp³-hybridized carbons (Fsp3) is 0.286. The van der Waals surface area contributed by atoms with Gasteiger partial charge >= 0.3 is 0 Å². The Balaban J connectivity index is 2.49. The van der Waals surface area contributed by atoms with Crippen LogP contribution in [0, 0.1) is 0 Å². The zero-order valence-corrected chi connectivity index (χ0v) is 6.00. The highest BCUT2D eigenvalue weighted by atomic mass is 16.5. The van der Waals surface area contributed by atoms with Gasteiger partial charge in [-0.15, -0.1) is 0 Å². The number of fused-ring (bicyclic) bond motifs is 1. The van der Waals surface area contributed by atoms with Crippen molar-refractivity contribution < 1.29 is 4.74 Å². The van der Waals surface area contributed by atoms with Crippen molar-refractivity contribution in [3.63, 3.8) is 0 Å². The van der Waals surface area contributed by atoms with Crippen LogP contribution in [0.25, 0.3) is 0 Å². The summed E-state index contributed by atoms with van der Waals surface area (Å²) >= 11 is 0. The lowest BCUT2D eigenvalue weighted by molar-refractivity contribution is 0.311. The zero-order chi connectivity index (χ0) is 7.68. The minimum atomic E-state index is 0.608. The normalized spacial score (nSPS) is 14.5. The minimum Gasteiger partial charge on any atom is -0.474 e. The Hall–Kier alpha value is -1.45. The van der Waals surface area contributed by atoms with E-state index in [1.165, 1.54) is 0 Å². The summed E-state index contributed by atoms with van der Waals surface area (Å²) in [4.78, 5) is 4.02. The van der Waals surface area contributed by atoms with Crippen LogP contribution in [0.1, 0.15) is 0 Å². The van der Waals surface area contributed by atoms with Gasteiger partial charge in [0.15, 0.2) is 0 Å². The first-order chi connectivity index (χ1) is 5.38. The van der Waals surface area contributed by atoms with E-state index in [1.54, 1.807) is 12.3 Å². The number of nitrogen functional groups attached to an aromatic ring is 1. The van der Waals surface area contributed by atoms with Gasteiger partial charge in [-0.25, -0.2) is 4.98 Å². The summed E-state index contributed by atoms with van der Waals surface area (Å²) in [5, 5.41) is 3.12. The molecule has 0 fully saturated rings. The van der Waals surface area contributed by atoms with E-state index in [4.69, 9.17) is 10.5 Å². The van der Waals surface area contributed by atoms with Crippen molar-refractivity contribution >= 4 is 11.4 Å². The summed E-state index contributed by atoms with van der Waals surface area (Å²) < 4.78 is 5.25. The molecule has 4 heteroatoms. The fourth-order valence-electron chi connectivity index (χ4n) is 1.07. The molecule has 0 aromatic carbocycles. The van der Waals surface area contributed by atoms with E-state index < -0.39 is 0 Å². The molecule has 1 aliphatic heterocycles. The maximum absolute atomic E-state index is 5.66. The molecule has 0 atom stereocenters. The summed E-state index contributed by atoms with van der Waals surface area (Å²) in [7, 11) is 0. The van der Waals surface area contributed by atoms with E-state index in [0.717, 1.165) is 12.2 Å². The first kappa shape index (κ1) is 6.27. The smallest absolute Gasteiger partial charge is 0.239 e. The lowest BCUT2D eigenvalue weighted by Gasteiger charge is -2.18. The van der Waals surface area contributed by atoms with Crippen molar-refractivity contribution in [2.45, 2.75) is 0 Å². The third kappa shape index (κ3) is 0.960. The van der Waals surface area contributed by atoms with Gasteiger partial charge in [-0.1, -0.05) is 0 Å². The Morgan fingerprint density at radius 3 is 3.36 bits per heavy atom. The highest BCUT2D eigenvalue weighted by molar-refractivity contribution is 5.71. The second-order valence-corrected chi connectivity index (χ2v) is 2.36. The van der Waals surface area contributed by atoms with Crippen molar-refractivity contribution in [1.82, 2.24) is 4.98 Å². The molecular formula is C7H9N3O. The molecule has 0 spiro atoms. The third-order valence-electron chi connectivity index (χ3n) is 1.59. The molecule has 0 radical (unpaired) electrons. The first-order valence-electron chi connectivity index (χ1n) is 3.49. The monoisotopic (exact) mass is 151 g/mol. The van der Waals surface area contributed by atoms with Crippen molar-refractivity contribution in [2.24, 2.45) is 0 Å². The molecule has 0 amide bonds. The SMILES string of the molecule is Nc1ccnc2c1NCCO2. The number of nitrogens with one attached hydrogen (secondary N) is 1. The van der Waals surface area contributed by atoms with E-state index in [0.29, 0.717) is 18.2 Å². The van der Waals surface area contributed by atoms with Gasteiger partial charge in [-0.3, -0.25) is 0 Å². The van der Waals surface area contributed by atoms with E-state index in [1.807, 2.05) is 0 Å². The molecule has 0 bridgehead atoms. The molecule has 3 N–H and O–H groups in total. The van der Waals surface area contributed by atoms with Crippen LogP contribution < -0.4 is 15.8 Å².